The van der Waals surface area contributed by atoms with Crippen LogP contribution in [0.3, 0.4) is 0 Å². The molecule has 12 heteroatoms. The Morgan fingerprint density at radius 3 is 2.42 bits per heavy atom. The van der Waals surface area contributed by atoms with E-state index in [9.17, 15) is 27.6 Å². The second-order valence-electron chi connectivity index (χ2n) is 6.82. The van der Waals surface area contributed by atoms with Crippen LogP contribution in [0.4, 0.5) is 39.5 Å². The summed E-state index contributed by atoms with van der Waals surface area (Å²) in [6.07, 6.45) is -2.12. The van der Waals surface area contributed by atoms with Crippen LogP contribution in [0.1, 0.15) is 11.1 Å². The summed E-state index contributed by atoms with van der Waals surface area (Å²) in [5.74, 6) is -1.26. The van der Waals surface area contributed by atoms with Crippen LogP contribution in [0.15, 0.2) is 55.0 Å². The van der Waals surface area contributed by atoms with E-state index in [1.165, 1.54) is 29.2 Å². The third-order valence-electron chi connectivity index (χ3n) is 4.68. The highest BCUT2D eigenvalue weighted by Crippen LogP contribution is 2.34. The number of hydrogen-bond donors (Lipinski definition) is 3. The first-order valence-electron chi connectivity index (χ1n) is 9.24. The molecular formula is C21H13F4N7O. The van der Waals surface area contributed by atoms with Gasteiger partial charge in [0, 0.05) is 23.1 Å². The van der Waals surface area contributed by atoms with Crippen LogP contribution in [-0.2, 0) is 6.18 Å². The molecule has 2 amide bonds. The maximum Gasteiger partial charge on any atom is 0.419 e. The third-order valence-corrected chi connectivity index (χ3v) is 4.68. The SMILES string of the molecule is N#Cc1cn2ncnc(N)c2c1-c1ccc(NC(=O)Nc2ccc(F)c(C(F)(F)F)c2)cc1. The Labute approximate surface area is 183 Å². The molecule has 0 atom stereocenters. The molecule has 0 saturated carbocycles. The maximum absolute atomic E-state index is 13.4. The van der Waals surface area contributed by atoms with E-state index >= 15 is 0 Å². The van der Waals surface area contributed by atoms with Gasteiger partial charge in [-0.1, -0.05) is 12.1 Å². The zero-order valence-electron chi connectivity index (χ0n) is 16.5. The van der Waals surface area contributed by atoms with Crippen molar-refractivity contribution >= 4 is 28.7 Å². The Morgan fingerprint density at radius 1 is 1.09 bits per heavy atom. The fourth-order valence-corrected chi connectivity index (χ4v) is 3.25. The molecule has 0 aliphatic carbocycles. The van der Waals surface area contributed by atoms with Gasteiger partial charge in [0.05, 0.1) is 11.1 Å². The summed E-state index contributed by atoms with van der Waals surface area (Å²) in [7, 11) is 0. The second kappa shape index (κ2) is 8.12. The monoisotopic (exact) mass is 455 g/mol. The number of benzene rings is 2. The highest BCUT2D eigenvalue weighted by molar-refractivity contribution is 6.00. The van der Waals surface area contributed by atoms with Gasteiger partial charge in [0.15, 0.2) is 5.82 Å². The summed E-state index contributed by atoms with van der Waals surface area (Å²) < 4.78 is 53.3. The van der Waals surface area contributed by atoms with Crippen molar-refractivity contribution in [3.8, 4) is 17.2 Å². The molecule has 4 N–H and O–H groups in total. The number of alkyl halides is 3. The van der Waals surface area contributed by atoms with Gasteiger partial charge in [-0.25, -0.2) is 18.7 Å². The summed E-state index contributed by atoms with van der Waals surface area (Å²) in [5, 5.41) is 18.2. The van der Waals surface area contributed by atoms with E-state index in [0.29, 0.717) is 40.0 Å². The lowest BCUT2D eigenvalue weighted by Crippen LogP contribution is -2.20. The van der Waals surface area contributed by atoms with Gasteiger partial charge in [-0.2, -0.15) is 23.5 Å². The normalized spacial score (nSPS) is 11.2. The average Bonchev–Trinajstić information content (AvgIpc) is 3.15. The summed E-state index contributed by atoms with van der Waals surface area (Å²) in [6, 6.07) is 9.70. The fraction of sp³-hybridized carbons (Fsp3) is 0.0476. The minimum absolute atomic E-state index is 0.181. The molecule has 8 nitrogen and oxygen atoms in total. The van der Waals surface area contributed by atoms with Gasteiger partial charge in [-0.15, -0.1) is 0 Å². The number of carbonyl (C=O) groups is 1. The topological polar surface area (TPSA) is 121 Å². The number of fused-ring (bicyclic) bond motifs is 1. The van der Waals surface area contributed by atoms with E-state index < -0.39 is 23.6 Å². The van der Waals surface area contributed by atoms with Gasteiger partial charge >= 0.3 is 12.2 Å². The molecule has 0 spiro atoms. The van der Waals surface area contributed by atoms with Crippen LogP contribution in [0, 0.1) is 17.1 Å². The number of urea groups is 1. The van der Waals surface area contributed by atoms with Crippen LogP contribution in [0.2, 0.25) is 0 Å². The number of rotatable bonds is 3. The van der Waals surface area contributed by atoms with E-state index in [1.54, 1.807) is 12.1 Å². The highest BCUT2D eigenvalue weighted by atomic mass is 19.4. The molecule has 2 heterocycles. The number of anilines is 3. The number of hydrogen-bond acceptors (Lipinski definition) is 5. The smallest absolute Gasteiger partial charge is 0.382 e. The Hall–Kier alpha value is -4.66. The number of halogens is 4. The summed E-state index contributed by atoms with van der Waals surface area (Å²) >= 11 is 0. The van der Waals surface area contributed by atoms with E-state index in [2.05, 4.69) is 26.8 Å². The van der Waals surface area contributed by atoms with E-state index in [-0.39, 0.29) is 11.5 Å². The summed E-state index contributed by atoms with van der Waals surface area (Å²) in [4.78, 5) is 16.1. The summed E-state index contributed by atoms with van der Waals surface area (Å²) in [5.41, 5.74) is 6.43. The molecule has 0 unspecified atom stereocenters. The number of nitrogens with one attached hydrogen (secondary N) is 2. The molecular weight excluding hydrogens is 442 g/mol. The maximum atomic E-state index is 13.4. The molecule has 0 aliphatic heterocycles. The van der Waals surface area contributed by atoms with Crippen molar-refractivity contribution in [2.24, 2.45) is 0 Å². The van der Waals surface area contributed by atoms with Crippen molar-refractivity contribution < 1.29 is 22.4 Å². The number of carbonyl (C=O) groups excluding carboxylic acids is 1. The number of aromatic nitrogens is 3. The van der Waals surface area contributed by atoms with Crippen LogP contribution >= 0.6 is 0 Å². The molecule has 2 aromatic heterocycles. The quantitative estimate of drug-likeness (QED) is 0.388. The van der Waals surface area contributed by atoms with Gasteiger partial charge < -0.3 is 16.4 Å². The van der Waals surface area contributed by atoms with Crippen molar-refractivity contribution in [2.75, 3.05) is 16.4 Å². The van der Waals surface area contributed by atoms with Crippen LogP contribution in [-0.4, -0.2) is 20.6 Å². The largest absolute Gasteiger partial charge is 0.419 e. The molecule has 0 bridgehead atoms. The lowest BCUT2D eigenvalue weighted by Gasteiger charge is -2.12. The first-order valence-corrected chi connectivity index (χ1v) is 9.24. The predicted molar refractivity (Wildman–Crippen MR) is 112 cm³/mol. The lowest BCUT2D eigenvalue weighted by atomic mass is 10.0. The van der Waals surface area contributed by atoms with Crippen LogP contribution < -0.4 is 16.4 Å². The van der Waals surface area contributed by atoms with Gasteiger partial charge in [-0.3, -0.25) is 0 Å². The first-order chi connectivity index (χ1) is 15.7. The molecule has 33 heavy (non-hydrogen) atoms. The zero-order valence-corrected chi connectivity index (χ0v) is 16.5. The Kier molecular flexibility index (Phi) is 5.31. The number of nitriles is 1. The summed E-state index contributed by atoms with van der Waals surface area (Å²) in [6.45, 7) is 0. The molecule has 0 fully saturated rings. The predicted octanol–water partition coefficient (Wildman–Crippen LogP) is 4.65. The van der Waals surface area contributed by atoms with Gasteiger partial charge in [0.2, 0.25) is 0 Å². The molecule has 0 saturated heterocycles. The van der Waals surface area contributed by atoms with Gasteiger partial charge in [0.25, 0.3) is 0 Å². The number of nitrogens with zero attached hydrogens (tertiary/aromatic N) is 4. The number of nitrogen functional groups attached to an aromatic ring is 1. The van der Waals surface area contributed by atoms with E-state index in [1.807, 2.05) is 0 Å². The number of nitrogens with two attached hydrogens (primary N) is 1. The Morgan fingerprint density at radius 2 is 1.76 bits per heavy atom. The van der Waals surface area contributed by atoms with Crippen molar-refractivity contribution in [2.45, 2.75) is 6.18 Å². The average molecular weight is 455 g/mol. The van der Waals surface area contributed by atoms with Crippen LogP contribution in [0.25, 0.3) is 16.6 Å². The van der Waals surface area contributed by atoms with Crippen molar-refractivity contribution in [3.63, 3.8) is 0 Å². The van der Waals surface area contributed by atoms with Crippen molar-refractivity contribution in [1.82, 2.24) is 14.6 Å². The molecule has 0 aliphatic rings. The molecule has 2 aromatic carbocycles. The molecule has 0 radical (unpaired) electrons. The van der Waals surface area contributed by atoms with Crippen molar-refractivity contribution in [3.05, 3.63) is 71.9 Å². The Balaban J connectivity index is 1.54. The van der Waals surface area contributed by atoms with Crippen molar-refractivity contribution in [1.29, 1.82) is 5.26 Å². The molecule has 4 rings (SSSR count). The zero-order chi connectivity index (χ0) is 23.8. The first kappa shape index (κ1) is 21.6. The fourth-order valence-electron chi connectivity index (χ4n) is 3.25. The minimum Gasteiger partial charge on any atom is -0.382 e. The molecule has 4 aromatic rings. The second-order valence-corrected chi connectivity index (χ2v) is 6.82. The van der Waals surface area contributed by atoms with E-state index in [0.717, 1.165) is 6.07 Å². The Bertz CT molecular complexity index is 1410. The van der Waals surface area contributed by atoms with Gasteiger partial charge in [0.1, 0.15) is 23.7 Å². The number of amides is 2. The molecule has 166 valence electrons. The lowest BCUT2D eigenvalue weighted by molar-refractivity contribution is -0.139. The highest BCUT2D eigenvalue weighted by Gasteiger charge is 2.34. The van der Waals surface area contributed by atoms with Gasteiger partial charge in [-0.05, 0) is 35.9 Å². The van der Waals surface area contributed by atoms with E-state index in [4.69, 9.17) is 5.73 Å². The standard InChI is InChI=1S/C21H13F4N7O/c22-16-6-5-14(7-15(16)21(23,24)25)31-20(33)30-13-3-1-11(2-4-13)17-12(8-26)9-32-18(17)19(27)28-10-29-32/h1-7,9-10H,(H2,27,28,29)(H2,30,31,33). The third kappa shape index (κ3) is 4.24. The van der Waals surface area contributed by atoms with Crippen LogP contribution in [0.5, 0.6) is 0 Å². The minimum atomic E-state index is -4.89.